The summed E-state index contributed by atoms with van der Waals surface area (Å²) in [4.78, 5) is 4.30. The number of aryl methyl sites for hydroxylation is 1. The molecule has 0 spiro atoms. The average molecular weight is 244 g/mol. The smallest absolute Gasteiger partial charge is 0.155 e. The highest BCUT2D eigenvalue weighted by Gasteiger charge is 2.13. The van der Waals surface area contributed by atoms with Crippen LogP contribution in [0, 0.1) is 6.92 Å². The van der Waals surface area contributed by atoms with Gasteiger partial charge in [-0.3, -0.25) is 4.98 Å². The minimum atomic E-state index is 0.589. The highest BCUT2D eigenvalue weighted by molar-refractivity contribution is 6.31. The monoisotopic (exact) mass is 243 g/mol. The van der Waals surface area contributed by atoms with E-state index < -0.39 is 0 Å². The second-order valence-corrected chi connectivity index (χ2v) is 4.36. The molecular formula is C14H10ClNO. The number of nitrogens with zero attached hydrogens (tertiary/aromatic N) is 1. The Morgan fingerprint density at radius 1 is 1.18 bits per heavy atom. The molecule has 3 rings (SSSR count). The van der Waals surface area contributed by atoms with Crippen molar-refractivity contribution in [1.82, 2.24) is 4.98 Å². The van der Waals surface area contributed by atoms with Crippen LogP contribution in [-0.4, -0.2) is 4.98 Å². The Morgan fingerprint density at radius 3 is 2.71 bits per heavy atom. The second-order valence-electron chi connectivity index (χ2n) is 3.92. The van der Waals surface area contributed by atoms with E-state index in [-0.39, 0.29) is 0 Å². The maximum atomic E-state index is 5.90. The van der Waals surface area contributed by atoms with Crippen molar-refractivity contribution >= 4 is 22.7 Å². The summed E-state index contributed by atoms with van der Waals surface area (Å²) in [5, 5.41) is 0.589. The van der Waals surface area contributed by atoms with Crippen LogP contribution in [0.5, 0.6) is 0 Å². The summed E-state index contributed by atoms with van der Waals surface area (Å²) in [6, 6.07) is 11.8. The Morgan fingerprint density at radius 2 is 1.94 bits per heavy atom. The first-order valence-corrected chi connectivity index (χ1v) is 5.73. The van der Waals surface area contributed by atoms with Crippen LogP contribution in [0.3, 0.4) is 0 Å². The van der Waals surface area contributed by atoms with Crippen molar-refractivity contribution in [2.45, 2.75) is 6.92 Å². The van der Waals surface area contributed by atoms with Crippen molar-refractivity contribution in [3.8, 4) is 11.3 Å². The van der Waals surface area contributed by atoms with E-state index in [4.69, 9.17) is 16.0 Å². The number of furan rings is 1. The molecule has 0 aliphatic rings. The number of fused-ring (bicyclic) bond motifs is 1. The Bertz CT molecular complexity index is 673. The van der Waals surface area contributed by atoms with Gasteiger partial charge in [-0.05, 0) is 6.92 Å². The number of hydrogen-bond donors (Lipinski definition) is 0. The molecule has 2 aromatic heterocycles. The number of rotatable bonds is 1. The first kappa shape index (κ1) is 10.4. The fourth-order valence-corrected chi connectivity index (χ4v) is 2.09. The van der Waals surface area contributed by atoms with E-state index >= 15 is 0 Å². The molecule has 2 nitrogen and oxygen atoms in total. The lowest BCUT2D eigenvalue weighted by molar-refractivity contribution is 0.628. The van der Waals surface area contributed by atoms with Gasteiger partial charge < -0.3 is 4.42 Å². The number of halogens is 1. The van der Waals surface area contributed by atoms with Crippen LogP contribution in [0.15, 0.2) is 47.0 Å². The number of hydrogen-bond acceptors (Lipinski definition) is 2. The molecule has 0 saturated heterocycles. The van der Waals surface area contributed by atoms with E-state index in [2.05, 4.69) is 4.98 Å². The largest absolute Gasteiger partial charge is 0.454 e. The van der Waals surface area contributed by atoms with E-state index in [1.165, 1.54) is 0 Å². The van der Waals surface area contributed by atoms with Gasteiger partial charge in [-0.1, -0.05) is 41.9 Å². The van der Waals surface area contributed by atoms with Gasteiger partial charge in [-0.15, -0.1) is 0 Å². The summed E-state index contributed by atoms with van der Waals surface area (Å²) >= 11 is 5.90. The fourth-order valence-electron chi connectivity index (χ4n) is 1.94. The number of aromatic nitrogens is 1. The topological polar surface area (TPSA) is 26.0 Å². The molecule has 17 heavy (non-hydrogen) atoms. The van der Waals surface area contributed by atoms with Crippen molar-refractivity contribution in [1.29, 1.82) is 0 Å². The lowest BCUT2D eigenvalue weighted by Crippen LogP contribution is -1.78. The third-order valence-electron chi connectivity index (χ3n) is 2.76. The van der Waals surface area contributed by atoms with Crippen LogP contribution >= 0.6 is 11.6 Å². The molecule has 84 valence electrons. The van der Waals surface area contributed by atoms with Crippen molar-refractivity contribution in [3.05, 3.63) is 53.2 Å². The number of pyridine rings is 1. The molecule has 1 aromatic carbocycles. The van der Waals surface area contributed by atoms with Gasteiger partial charge in [-0.2, -0.15) is 0 Å². The van der Waals surface area contributed by atoms with Crippen LogP contribution in [0.25, 0.3) is 22.4 Å². The Labute approximate surface area is 104 Å². The predicted molar refractivity (Wildman–Crippen MR) is 69.2 cm³/mol. The predicted octanol–water partition coefficient (Wildman–Crippen LogP) is 4.46. The molecule has 0 amide bonds. The van der Waals surface area contributed by atoms with Crippen LogP contribution in [0.2, 0.25) is 5.02 Å². The van der Waals surface area contributed by atoms with Crippen LogP contribution in [-0.2, 0) is 0 Å². The van der Waals surface area contributed by atoms with Gasteiger partial charge >= 0.3 is 0 Å². The molecule has 0 unspecified atom stereocenters. The third-order valence-corrected chi connectivity index (χ3v) is 2.97. The van der Waals surface area contributed by atoms with Crippen LogP contribution in [0.1, 0.15) is 5.56 Å². The highest BCUT2D eigenvalue weighted by atomic mass is 35.5. The molecule has 0 fully saturated rings. The lowest BCUT2D eigenvalue weighted by atomic mass is 10.1. The van der Waals surface area contributed by atoms with E-state index in [1.807, 2.05) is 37.3 Å². The zero-order valence-corrected chi connectivity index (χ0v) is 10.0. The average Bonchev–Trinajstić information content (AvgIpc) is 2.67. The minimum absolute atomic E-state index is 0.589. The molecule has 2 heterocycles. The van der Waals surface area contributed by atoms with E-state index in [1.54, 1.807) is 12.3 Å². The normalized spacial score (nSPS) is 10.9. The van der Waals surface area contributed by atoms with Crippen LogP contribution < -0.4 is 0 Å². The summed E-state index contributed by atoms with van der Waals surface area (Å²) in [7, 11) is 0. The molecule has 0 aliphatic carbocycles. The Hall–Kier alpha value is -1.80. The zero-order valence-electron chi connectivity index (χ0n) is 9.27. The molecule has 0 N–H and O–H groups in total. The SMILES string of the molecule is Cc1c(-c2ccccc2)oc2cc(Cl)cnc12. The minimum Gasteiger partial charge on any atom is -0.454 e. The van der Waals surface area contributed by atoms with Crippen molar-refractivity contribution in [3.63, 3.8) is 0 Å². The van der Waals surface area contributed by atoms with Gasteiger partial charge in [0.2, 0.25) is 0 Å². The van der Waals surface area contributed by atoms with E-state index in [9.17, 15) is 0 Å². The molecule has 0 bridgehead atoms. The van der Waals surface area contributed by atoms with Crippen molar-refractivity contribution in [2.24, 2.45) is 0 Å². The van der Waals surface area contributed by atoms with Gasteiger partial charge in [-0.25, -0.2) is 0 Å². The number of benzene rings is 1. The van der Waals surface area contributed by atoms with E-state index in [0.717, 1.165) is 28.0 Å². The first-order chi connectivity index (χ1) is 8.25. The maximum Gasteiger partial charge on any atom is 0.155 e. The maximum absolute atomic E-state index is 5.90. The Kier molecular flexibility index (Phi) is 2.37. The Balaban J connectivity index is 2.28. The summed E-state index contributed by atoms with van der Waals surface area (Å²) in [5.74, 6) is 0.857. The van der Waals surface area contributed by atoms with Gasteiger partial charge in [0.25, 0.3) is 0 Å². The van der Waals surface area contributed by atoms with Crippen molar-refractivity contribution < 1.29 is 4.42 Å². The van der Waals surface area contributed by atoms with Gasteiger partial charge in [0.15, 0.2) is 5.58 Å². The summed E-state index contributed by atoms with van der Waals surface area (Å²) in [5.41, 5.74) is 3.70. The van der Waals surface area contributed by atoms with Crippen LogP contribution in [0.4, 0.5) is 0 Å². The molecular weight excluding hydrogens is 234 g/mol. The van der Waals surface area contributed by atoms with Crippen molar-refractivity contribution in [2.75, 3.05) is 0 Å². The summed E-state index contributed by atoms with van der Waals surface area (Å²) in [6.45, 7) is 2.01. The molecule has 0 radical (unpaired) electrons. The lowest BCUT2D eigenvalue weighted by Gasteiger charge is -1.96. The van der Waals surface area contributed by atoms with Gasteiger partial charge in [0, 0.05) is 23.4 Å². The summed E-state index contributed by atoms with van der Waals surface area (Å²) in [6.07, 6.45) is 1.64. The highest BCUT2D eigenvalue weighted by Crippen LogP contribution is 2.32. The first-order valence-electron chi connectivity index (χ1n) is 5.36. The molecule has 0 aliphatic heterocycles. The third kappa shape index (κ3) is 1.71. The zero-order chi connectivity index (χ0) is 11.8. The van der Waals surface area contributed by atoms with Gasteiger partial charge in [0.1, 0.15) is 11.3 Å². The molecule has 3 aromatic rings. The molecule has 0 saturated carbocycles. The molecule has 0 atom stereocenters. The van der Waals surface area contributed by atoms with Gasteiger partial charge in [0.05, 0.1) is 5.02 Å². The fraction of sp³-hybridized carbons (Fsp3) is 0.0714. The summed E-state index contributed by atoms with van der Waals surface area (Å²) < 4.78 is 5.82. The quantitative estimate of drug-likeness (QED) is 0.631. The standard InChI is InChI=1S/C14H10ClNO/c1-9-13-12(7-11(15)8-16-13)17-14(9)10-5-3-2-4-6-10/h2-8H,1H3. The molecule has 3 heteroatoms. The van der Waals surface area contributed by atoms with E-state index in [0.29, 0.717) is 5.02 Å². The second kappa shape index (κ2) is 3.90.